The van der Waals surface area contributed by atoms with Crippen LogP contribution in [0.15, 0.2) is 63.5 Å². The van der Waals surface area contributed by atoms with Gasteiger partial charge in [0.2, 0.25) is 5.89 Å². The summed E-state index contributed by atoms with van der Waals surface area (Å²) in [5.74, 6) is 0.192. The van der Waals surface area contributed by atoms with Gasteiger partial charge in [0.15, 0.2) is 0 Å². The second-order valence-electron chi connectivity index (χ2n) is 5.37. The van der Waals surface area contributed by atoms with Crippen LogP contribution in [0.25, 0.3) is 22.4 Å². The maximum absolute atomic E-state index is 11.5. The molecule has 28 heavy (non-hydrogen) atoms. The van der Waals surface area contributed by atoms with Gasteiger partial charge in [-0.1, -0.05) is 0 Å². The van der Waals surface area contributed by atoms with Crippen LogP contribution in [0.5, 0.6) is 0 Å². The minimum Gasteiger partial charge on any atom is -0.411 e. The van der Waals surface area contributed by atoms with Gasteiger partial charge in [0.25, 0.3) is 16.6 Å². The quantitative estimate of drug-likeness (QED) is 0.361. The molecule has 11 nitrogen and oxygen atoms in total. The number of aromatic nitrogens is 4. The molecule has 0 atom stereocenters. The number of hydrogen-bond donors (Lipinski definition) is 0. The molecule has 0 aliphatic heterocycles. The molecule has 3 heterocycles. The maximum atomic E-state index is 11.5. The van der Waals surface area contributed by atoms with Gasteiger partial charge in [-0.3, -0.25) is 30.2 Å². The molecule has 0 aliphatic carbocycles. The van der Waals surface area contributed by atoms with E-state index in [9.17, 15) is 20.2 Å². The Kier molecular flexibility index (Phi) is 4.37. The third-order valence-electron chi connectivity index (χ3n) is 3.70. The van der Waals surface area contributed by atoms with Crippen molar-refractivity contribution in [1.82, 2.24) is 20.2 Å². The predicted octanol–water partition coefficient (Wildman–Crippen LogP) is 3.65. The Balaban J connectivity index is 1.84. The van der Waals surface area contributed by atoms with Crippen LogP contribution in [0, 0.1) is 20.2 Å². The van der Waals surface area contributed by atoms with Crippen molar-refractivity contribution in [3.63, 3.8) is 0 Å². The monoisotopic (exact) mass is 396 g/mol. The number of rotatable bonds is 5. The minimum atomic E-state index is -0.706. The van der Waals surface area contributed by atoms with Crippen molar-refractivity contribution < 1.29 is 14.3 Å². The third-order valence-corrected chi connectivity index (χ3v) is 4.65. The third kappa shape index (κ3) is 3.12. The number of pyridine rings is 2. The first-order chi connectivity index (χ1) is 13.5. The molecule has 0 fully saturated rings. The fourth-order valence-corrected chi connectivity index (χ4v) is 3.39. The number of hydrogen-bond acceptors (Lipinski definition) is 10. The normalized spacial score (nSPS) is 10.9. The van der Waals surface area contributed by atoms with Gasteiger partial charge in [0.1, 0.15) is 4.90 Å². The molecule has 138 valence electrons. The van der Waals surface area contributed by atoms with E-state index in [2.05, 4.69) is 20.2 Å². The molecule has 4 aromatic rings. The number of nitrogens with zero attached hydrogens (tertiary/aromatic N) is 6. The Morgan fingerprint density at radius 3 is 2.50 bits per heavy atom. The summed E-state index contributed by atoms with van der Waals surface area (Å²) in [6.07, 6.45) is 4.52. The van der Waals surface area contributed by atoms with Gasteiger partial charge in [0.05, 0.1) is 32.4 Å². The molecule has 0 unspecified atom stereocenters. The molecular weight excluding hydrogens is 388 g/mol. The molecule has 4 rings (SSSR count). The van der Waals surface area contributed by atoms with Gasteiger partial charge in [-0.15, -0.1) is 10.2 Å². The zero-order chi connectivity index (χ0) is 19.7. The number of fused-ring (bicyclic) bond motifs is 1. The lowest BCUT2D eigenvalue weighted by Crippen LogP contribution is -1.98. The summed E-state index contributed by atoms with van der Waals surface area (Å²) in [6, 6.07) is 7.32. The van der Waals surface area contributed by atoms with Crippen LogP contribution in [0.3, 0.4) is 0 Å². The Hall–Kier alpha value is -3.93. The van der Waals surface area contributed by atoms with Gasteiger partial charge in [-0.25, -0.2) is 0 Å². The first-order valence-corrected chi connectivity index (χ1v) is 8.48. The Labute approximate surface area is 159 Å². The van der Waals surface area contributed by atoms with E-state index < -0.39 is 21.2 Å². The molecule has 0 spiro atoms. The summed E-state index contributed by atoms with van der Waals surface area (Å²) >= 11 is 0.821. The largest absolute Gasteiger partial charge is 0.411 e. The molecule has 0 N–H and O–H groups in total. The molecule has 0 radical (unpaired) electrons. The summed E-state index contributed by atoms with van der Waals surface area (Å²) in [5, 5.41) is 30.8. The van der Waals surface area contributed by atoms with Gasteiger partial charge in [-0.05, 0) is 36.0 Å². The van der Waals surface area contributed by atoms with Gasteiger partial charge >= 0.3 is 0 Å². The molecule has 0 aliphatic rings. The van der Waals surface area contributed by atoms with Crippen LogP contribution in [-0.4, -0.2) is 30.0 Å². The maximum Gasteiger partial charge on any atom is 0.292 e. The van der Waals surface area contributed by atoms with Crippen LogP contribution in [-0.2, 0) is 0 Å². The zero-order valence-electron chi connectivity index (χ0n) is 13.8. The molecule has 0 saturated carbocycles. The van der Waals surface area contributed by atoms with E-state index >= 15 is 0 Å². The first-order valence-electron chi connectivity index (χ1n) is 7.67. The van der Waals surface area contributed by atoms with Crippen molar-refractivity contribution in [1.29, 1.82) is 0 Å². The lowest BCUT2D eigenvalue weighted by molar-refractivity contribution is -0.394. The summed E-state index contributed by atoms with van der Waals surface area (Å²) < 4.78 is 5.55. The van der Waals surface area contributed by atoms with Crippen molar-refractivity contribution >= 4 is 34.0 Å². The SMILES string of the molecule is O=[N+]([O-])c1cc([N+](=O)[O-])c2cccnc2c1Sc1nnc(-c2cccnc2)o1. The molecule has 3 aromatic heterocycles. The minimum absolute atomic E-state index is 0.0303. The van der Waals surface area contributed by atoms with Crippen LogP contribution < -0.4 is 0 Å². The van der Waals surface area contributed by atoms with E-state index in [1.807, 2.05) is 0 Å². The molecule has 12 heteroatoms. The average molecular weight is 396 g/mol. The van der Waals surface area contributed by atoms with E-state index in [0.29, 0.717) is 5.56 Å². The smallest absolute Gasteiger partial charge is 0.292 e. The Morgan fingerprint density at radius 1 is 1.00 bits per heavy atom. The van der Waals surface area contributed by atoms with E-state index in [1.165, 1.54) is 24.5 Å². The van der Waals surface area contributed by atoms with Gasteiger partial charge in [-0.2, -0.15) is 0 Å². The van der Waals surface area contributed by atoms with Crippen molar-refractivity contribution in [2.45, 2.75) is 10.1 Å². The lowest BCUT2D eigenvalue weighted by Gasteiger charge is -2.05. The molecular formula is C16H8N6O5S. The predicted molar refractivity (Wildman–Crippen MR) is 96.7 cm³/mol. The summed E-state index contributed by atoms with van der Waals surface area (Å²) in [6.45, 7) is 0. The molecule has 0 saturated heterocycles. The zero-order valence-corrected chi connectivity index (χ0v) is 14.6. The van der Waals surface area contributed by atoms with Crippen LogP contribution in [0.4, 0.5) is 11.4 Å². The fourth-order valence-electron chi connectivity index (χ4n) is 2.52. The fraction of sp³-hybridized carbons (Fsp3) is 0. The number of benzene rings is 1. The van der Waals surface area contributed by atoms with Crippen molar-refractivity contribution in [3.05, 3.63) is 69.2 Å². The molecule has 1 aromatic carbocycles. The van der Waals surface area contributed by atoms with E-state index in [-0.39, 0.29) is 26.9 Å². The van der Waals surface area contributed by atoms with E-state index in [4.69, 9.17) is 4.42 Å². The number of nitro benzene ring substituents is 2. The highest BCUT2D eigenvalue weighted by Crippen LogP contribution is 2.42. The van der Waals surface area contributed by atoms with E-state index in [1.54, 1.807) is 18.3 Å². The van der Waals surface area contributed by atoms with Crippen molar-refractivity contribution in [2.75, 3.05) is 0 Å². The van der Waals surface area contributed by atoms with Gasteiger partial charge < -0.3 is 4.42 Å². The Bertz CT molecular complexity index is 1210. The van der Waals surface area contributed by atoms with Crippen molar-refractivity contribution in [2.24, 2.45) is 0 Å². The van der Waals surface area contributed by atoms with Crippen LogP contribution in [0.1, 0.15) is 0 Å². The summed E-state index contributed by atoms with van der Waals surface area (Å²) in [7, 11) is 0. The lowest BCUT2D eigenvalue weighted by atomic mass is 10.1. The summed E-state index contributed by atoms with van der Waals surface area (Å²) in [4.78, 5) is 29.6. The van der Waals surface area contributed by atoms with E-state index in [0.717, 1.165) is 17.8 Å². The Morgan fingerprint density at radius 2 is 1.79 bits per heavy atom. The second kappa shape index (κ2) is 7.00. The highest BCUT2D eigenvalue weighted by Gasteiger charge is 2.28. The summed E-state index contributed by atoms with van der Waals surface area (Å²) in [5.41, 5.74) is -0.178. The standard InChI is InChI=1S/C16H8N6O5S/c23-21(24)11-7-12(22(25)26)14(13-10(11)4-2-6-18-13)28-16-20-19-15(27-16)9-3-1-5-17-8-9/h1-8H. The second-order valence-corrected chi connectivity index (χ2v) is 6.34. The van der Waals surface area contributed by atoms with Crippen LogP contribution in [0.2, 0.25) is 0 Å². The first kappa shape index (κ1) is 17.5. The highest BCUT2D eigenvalue weighted by molar-refractivity contribution is 7.99. The average Bonchev–Trinajstić information content (AvgIpc) is 3.17. The van der Waals surface area contributed by atoms with Gasteiger partial charge in [0, 0.05) is 18.6 Å². The molecule has 0 amide bonds. The van der Waals surface area contributed by atoms with Crippen molar-refractivity contribution in [3.8, 4) is 11.5 Å². The van der Waals surface area contributed by atoms with Crippen LogP contribution >= 0.6 is 11.8 Å². The molecule has 0 bridgehead atoms. The highest BCUT2D eigenvalue weighted by atomic mass is 32.2. The number of non-ortho nitro benzene ring substituents is 1. The number of nitro groups is 2. The topological polar surface area (TPSA) is 151 Å².